The Labute approximate surface area is 195 Å². The van der Waals surface area contributed by atoms with E-state index in [2.05, 4.69) is 10.6 Å². The van der Waals surface area contributed by atoms with E-state index in [1.54, 1.807) is 19.2 Å². The molecule has 0 aromatic heterocycles. The highest BCUT2D eigenvalue weighted by molar-refractivity contribution is 8.04. The lowest BCUT2D eigenvalue weighted by Crippen LogP contribution is -2.26. The molecule has 0 radical (unpaired) electrons. The van der Waals surface area contributed by atoms with Gasteiger partial charge in [-0.05, 0) is 66.1 Å². The number of nitrogens with one attached hydrogen (secondary N) is 2. The molecule has 2 amide bonds. The Morgan fingerprint density at radius 3 is 2.72 bits per heavy atom. The van der Waals surface area contributed by atoms with Gasteiger partial charge in [0.25, 0.3) is 11.8 Å². The molecule has 2 N–H and O–H groups in total. The number of thioether (sulfide) groups is 1. The van der Waals surface area contributed by atoms with E-state index < -0.39 is 0 Å². The standard InChI is InChI=1S/C25H21ClN2O3S/c1-31-20-4-2-3-17(13-20)14-23-25(30)28-21-15-18(7-10-22(21)32-23)24(29)27-12-11-16-5-8-19(26)9-6-16/h2-10,13-15H,11-12H2,1H3,(H,27,29)(H,28,30)/b23-14+. The van der Waals surface area contributed by atoms with Crippen molar-refractivity contribution in [1.29, 1.82) is 0 Å². The largest absolute Gasteiger partial charge is 0.497 e. The maximum atomic E-state index is 12.6. The summed E-state index contributed by atoms with van der Waals surface area (Å²) >= 11 is 7.27. The van der Waals surface area contributed by atoms with Crippen molar-refractivity contribution in [3.63, 3.8) is 0 Å². The van der Waals surface area contributed by atoms with Gasteiger partial charge in [0.15, 0.2) is 0 Å². The Kier molecular flexibility index (Phi) is 6.83. The highest BCUT2D eigenvalue weighted by Crippen LogP contribution is 2.39. The minimum absolute atomic E-state index is 0.182. The summed E-state index contributed by atoms with van der Waals surface area (Å²) in [6, 6.07) is 20.4. The summed E-state index contributed by atoms with van der Waals surface area (Å²) in [7, 11) is 1.61. The monoisotopic (exact) mass is 464 g/mol. The fourth-order valence-corrected chi connectivity index (χ4v) is 4.32. The Morgan fingerprint density at radius 1 is 1.12 bits per heavy atom. The molecule has 4 rings (SSSR count). The van der Waals surface area contributed by atoms with Gasteiger partial charge in [0, 0.05) is 22.0 Å². The van der Waals surface area contributed by atoms with Gasteiger partial charge in [-0.15, -0.1) is 0 Å². The van der Waals surface area contributed by atoms with Gasteiger partial charge in [0.2, 0.25) is 0 Å². The molecule has 3 aromatic rings. The minimum atomic E-state index is -0.203. The van der Waals surface area contributed by atoms with Crippen LogP contribution in [0.3, 0.4) is 0 Å². The van der Waals surface area contributed by atoms with Gasteiger partial charge in [-0.2, -0.15) is 0 Å². The number of anilines is 1. The second kappa shape index (κ2) is 9.94. The van der Waals surface area contributed by atoms with Crippen LogP contribution in [0.25, 0.3) is 6.08 Å². The van der Waals surface area contributed by atoms with Crippen molar-refractivity contribution in [3.05, 3.63) is 93.3 Å². The van der Waals surface area contributed by atoms with E-state index in [-0.39, 0.29) is 11.8 Å². The van der Waals surface area contributed by atoms with Crippen molar-refractivity contribution in [3.8, 4) is 5.75 Å². The summed E-state index contributed by atoms with van der Waals surface area (Å²) in [5.74, 6) is 0.344. The fourth-order valence-electron chi connectivity index (χ4n) is 3.26. The average Bonchev–Trinajstić information content (AvgIpc) is 2.80. The van der Waals surface area contributed by atoms with Crippen LogP contribution >= 0.6 is 23.4 Å². The maximum Gasteiger partial charge on any atom is 0.262 e. The van der Waals surface area contributed by atoms with Crippen molar-refractivity contribution >= 4 is 46.9 Å². The predicted molar refractivity (Wildman–Crippen MR) is 129 cm³/mol. The van der Waals surface area contributed by atoms with Crippen molar-refractivity contribution in [2.75, 3.05) is 19.0 Å². The summed E-state index contributed by atoms with van der Waals surface area (Å²) in [4.78, 5) is 26.6. The smallest absolute Gasteiger partial charge is 0.262 e. The molecule has 5 nitrogen and oxygen atoms in total. The summed E-state index contributed by atoms with van der Waals surface area (Å²) in [5, 5.41) is 6.50. The van der Waals surface area contributed by atoms with Crippen molar-refractivity contribution in [2.24, 2.45) is 0 Å². The van der Waals surface area contributed by atoms with Crippen molar-refractivity contribution in [2.45, 2.75) is 11.3 Å². The zero-order valence-electron chi connectivity index (χ0n) is 17.4. The van der Waals surface area contributed by atoms with Gasteiger partial charge in [-0.3, -0.25) is 9.59 Å². The Balaban J connectivity index is 1.42. The van der Waals surface area contributed by atoms with E-state index in [1.165, 1.54) is 11.8 Å². The SMILES string of the molecule is COc1cccc(/C=C2/Sc3ccc(C(=O)NCCc4ccc(Cl)cc4)cc3NC2=O)c1. The number of benzene rings is 3. The van der Waals surface area contributed by atoms with Gasteiger partial charge < -0.3 is 15.4 Å². The third kappa shape index (κ3) is 5.33. The van der Waals surface area contributed by atoms with E-state index in [4.69, 9.17) is 16.3 Å². The van der Waals surface area contributed by atoms with Crippen LogP contribution in [0, 0.1) is 0 Å². The lowest BCUT2D eigenvalue weighted by Gasteiger charge is -2.19. The molecule has 7 heteroatoms. The predicted octanol–water partition coefficient (Wildman–Crippen LogP) is 5.41. The molecule has 162 valence electrons. The summed E-state index contributed by atoms with van der Waals surface area (Å²) < 4.78 is 5.24. The van der Waals surface area contributed by atoms with Crippen LogP contribution in [-0.2, 0) is 11.2 Å². The molecule has 0 aliphatic carbocycles. The molecule has 1 heterocycles. The quantitative estimate of drug-likeness (QED) is 0.479. The lowest BCUT2D eigenvalue weighted by molar-refractivity contribution is -0.112. The van der Waals surface area contributed by atoms with Crippen LogP contribution in [0.2, 0.25) is 5.02 Å². The van der Waals surface area contributed by atoms with Gasteiger partial charge in [0.1, 0.15) is 5.75 Å². The average molecular weight is 465 g/mol. The number of ether oxygens (including phenoxy) is 1. The number of rotatable bonds is 6. The van der Waals surface area contributed by atoms with Gasteiger partial charge in [-0.1, -0.05) is 47.6 Å². The summed E-state index contributed by atoms with van der Waals surface area (Å²) in [6.07, 6.45) is 2.53. The van der Waals surface area contributed by atoms with Crippen molar-refractivity contribution in [1.82, 2.24) is 5.32 Å². The fraction of sp³-hybridized carbons (Fsp3) is 0.120. The molecule has 0 atom stereocenters. The zero-order valence-corrected chi connectivity index (χ0v) is 18.9. The molecule has 0 spiro atoms. The summed E-state index contributed by atoms with van der Waals surface area (Å²) in [5.41, 5.74) is 3.11. The number of halogens is 1. The maximum absolute atomic E-state index is 12.6. The number of hydrogen-bond acceptors (Lipinski definition) is 4. The number of amides is 2. The van der Waals surface area contributed by atoms with Gasteiger partial charge >= 0.3 is 0 Å². The number of methoxy groups -OCH3 is 1. The van der Waals surface area contributed by atoms with E-state index in [0.29, 0.717) is 34.1 Å². The number of hydrogen-bond donors (Lipinski definition) is 2. The number of fused-ring (bicyclic) bond motifs is 1. The molecule has 0 fully saturated rings. The molecule has 3 aromatic carbocycles. The van der Waals surface area contributed by atoms with E-state index in [0.717, 1.165) is 21.8 Å². The Bertz CT molecular complexity index is 1190. The first-order chi connectivity index (χ1) is 15.5. The Hall–Kier alpha value is -3.22. The second-order valence-corrected chi connectivity index (χ2v) is 8.70. The van der Waals surface area contributed by atoms with E-state index >= 15 is 0 Å². The topological polar surface area (TPSA) is 67.4 Å². The van der Waals surface area contributed by atoms with Crippen LogP contribution in [0.15, 0.2) is 76.5 Å². The lowest BCUT2D eigenvalue weighted by atomic mass is 10.1. The molecular formula is C25H21ClN2O3S. The first-order valence-electron chi connectivity index (χ1n) is 10.0. The van der Waals surface area contributed by atoms with Crippen molar-refractivity contribution < 1.29 is 14.3 Å². The highest BCUT2D eigenvalue weighted by atomic mass is 35.5. The number of carbonyl (C=O) groups is 2. The highest BCUT2D eigenvalue weighted by Gasteiger charge is 2.22. The third-order valence-electron chi connectivity index (χ3n) is 4.94. The second-order valence-electron chi connectivity index (χ2n) is 7.18. The molecule has 32 heavy (non-hydrogen) atoms. The molecule has 0 bridgehead atoms. The number of carbonyl (C=O) groups excluding carboxylic acids is 2. The van der Waals surface area contributed by atoms with Crippen LogP contribution in [-0.4, -0.2) is 25.5 Å². The summed E-state index contributed by atoms with van der Waals surface area (Å²) in [6.45, 7) is 0.506. The molecular weight excluding hydrogens is 444 g/mol. The minimum Gasteiger partial charge on any atom is -0.497 e. The van der Waals surface area contributed by atoms with E-state index in [1.807, 2.05) is 60.7 Å². The molecule has 1 aliphatic heterocycles. The van der Waals surface area contributed by atoms with E-state index in [9.17, 15) is 9.59 Å². The first kappa shape index (κ1) is 22.0. The molecule has 0 saturated heterocycles. The first-order valence-corrected chi connectivity index (χ1v) is 11.2. The van der Waals surface area contributed by atoms with Gasteiger partial charge in [-0.25, -0.2) is 0 Å². The molecule has 0 unspecified atom stereocenters. The van der Waals surface area contributed by atoms with Crippen LogP contribution < -0.4 is 15.4 Å². The van der Waals surface area contributed by atoms with Crippen LogP contribution in [0.5, 0.6) is 5.75 Å². The van der Waals surface area contributed by atoms with Gasteiger partial charge in [0.05, 0.1) is 17.7 Å². The van der Waals surface area contributed by atoms with Crippen LogP contribution in [0.1, 0.15) is 21.5 Å². The molecule has 1 aliphatic rings. The normalized spacial score (nSPS) is 13.9. The van der Waals surface area contributed by atoms with Crippen LogP contribution in [0.4, 0.5) is 5.69 Å². The zero-order chi connectivity index (χ0) is 22.5. The third-order valence-corrected chi connectivity index (χ3v) is 6.29. The Morgan fingerprint density at radius 2 is 1.94 bits per heavy atom. The molecule has 0 saturated carbocycles.